The predicted octanol–water partition coefficient (Wildman–Crippen LogP) is 1.41. The molecule has 0 amide bonds. The van der Waals surface area contributed by atoms with Crippen molar-refractivity contribution in [3.05, 3.63) is 23.0 Å². The fourth-order valence-electron chi connectivity index (χ4n) is 0.883. The lowest BCUT2D eigenvalue weighted by molar-refractivity contribution is 0.110. The topological polar surface area (TPSA) is 74.0 Å². The van der Waals surface area contributed by atoms with Gasteiger partial charge in [0.15, 0.2) is 17.7 Å². The summed E-state index contributed by atoms with van der Waals surface area (Å²) in [4.78, 5) is 13.5. The fourth-order valence-corrected chi connectivity index (χ4v) is 0.883. The third-order valence-corrected chi connectivity index (χ3v) is 1.50. The van der Waals surface area contributed by atoms with Crippen LogP contribution >= 0.6 is 0 Å². The van der Waals surface area contributed by atoms with Crippen molar-refractivity contribution in [2.45, 2.75) is 6.43 Å². The minimum atomic E-state index is -2.96. The number of hydrogen-bond acceptors (Lipinski definition) is 4. The summed E-state index contributed by atoms with van der Waals surface area (Å²) in [5, 5.41) is 17.4. The Morgan fingerprint density at radius 3 is 2.71 bits per heavy atom. The van der Waals surface area contributed by atoms with Gasteiger partial charge in [0.05, 0.1) is 0 Å². The molecule has 0 saturated heterocycles. The maximum Gasteiger partial charge on any atom is 0.281 e. The minimum Gasteiger partial charge on any atom is -0.505 e. The summed E-state index contributed by atoms with van der Waals surface area (Å²) in [6.07, 6.45) is -2.81. The van der Waals surface area contributed by atoms with Crippen LogP contribution in [0.4, 0.5) is 8.78 Å². The first-order valence-electron chi connectivity index (χ1n) is 3.47. The van der Waals surface area contributed by atoms with Crippen LogP contribution in [-0.2, 0) is 0 Å². The van der Waals surface area contributed by atoms with Gasteiger partial charge in [-0.05, 0) is 6.07 Å². The highest BCUT2D eigenvalue weighted by molar-refractivity contribution is 5.77. The zero-order valence-electron chi connectivity index (χ0n) is 6.74. The molecule has 72 valence electrons. The molecule has 1 heterocycles. The summed E-state index contributed by atoms with van der Waals surface area (Å²) in [7, 11) is 0. The van der Waals surface area contributed by atoms with Crippen molar-refractivity contribution in [3.8, 4) is 11.8 Å². The highest BCUT2D eigenvalue weighted by Crippen LogP contribution is 2.24. The van der Waals surface area contributed by atoms with Gasteiger partial charge in [0.1, 0.15) is 11.8 Å². The molecule has 4 nitrogen and oxygen atoms in total. The van der Waals surface area contributed by atoms with Crippen molar-refractivity contribution in [1.29, 1.82) is 5.26 Å². The van der Waals surface area contributed by atoms with Crippen LogP contribution in [0.5, 0.6) is 5.75 Å². The van der Waals surface area contributed by atoms with Gasteiger partial charge < -0.3 is 5.11 Å². The summed E-state index contributed by atoms with van der Waals surface area (Å²) in [6.45, 7) is 0. The molecule has 0 atom stereocenters. The van der Waals surface area contributed by atoms with Gasteiger partial charge >= 0.3 is 0 Å². The summed E-state index contributed by atoms with van der Waals surface area (Å²) in [5.74, 6) is -0.584. The molecular formula is C8H4F2N2O2. The molecule has 1 N–H and O–H groups in total. The number of nitrogens with zero attached hydrogens (tertiary/aromatic N) is 2. The number of alkyl halides is 2. The number of pyridine rings is 1. The van der Waals surface area contributed by atoms with Crippen molar-refractivity contribution in [2.75, 3.05) is 0 Å². The zero-order valence-corrected chi connectivity index (χ0v) is 6.74. The average molecular weight is 198 g/mol. The van der Waals surface area contributed by atoms with E-state index in [1.807, 2.05) is 0 Å². The van der Waals surface area contributed by atoms with Gasteiger partial charge in [-0.3, -0.25) is 4.79 Å². The van der Waals surface area contributed by atoms with E-state index in [0.717, 1.165) is 6.07 Å². The van der Waals surface area contributed by atoms with Crippen molar-refractivity contribution < 1.29 is 18.7 Å². The normalized spacial score (nSPS) is 9.86. The van der Waals surface area contributed by atoms with Crippen LogP contribution in [0, 0.1) is 11.3 Å². The summed E-state index contributed by atoms with van der Waals surface area (Å²) in [5.41, 5.74) is -1.74. The van der Waals surface area contributed by atoms with E-state index in [9.17, 15) is 13.6 Å². The smallest absolute Gasteiger partial charge is 0.281 e. The molecule has 0 spiro atoms. The van der Waals surface area contributed by atoms with E-state index in [1.165, 1.54) is 6.07 Å². The third-order valence-electron chi connectivity index (χ3n) is 1.50. The first kappa shape index (κ1) is 10.1. The molecule has 0 bridgehead atoms. The summed E-state index contributed by atoms with van der Waals surface area (Å²) >= 11 is 0. The number of aromatic nitrogens is 1. The van der Waals surface area contributed by atoms with Gasteiger partial charge in [0.2, 0.25) is 0 Å². The lowest BCUT2D eigenvalue weighted by Gasteiger charge is -2.03. The highest BCUT2D eigenvalue weighted by atomic mass is 19.3. The molecule has 1 aromatic heterocycles. The van der Waals surface area contributed by atoms with E-state index in [2.05, 4.69) is 4.98 Å². The number of aromatic hydroxyl groups is 1. The average Bonchev–Trinajstić information content (AvgIpc) is 2.16. The molecule has 0 aliphatic carbocycles. The maximum atomic E-state index is 12.3. The summed E-state index contributed by atoms with van der Waals surface area (Å²) in [6, 6.07) is 2.22. The molecule has 0 aromatic carbocycles. The highest BCUT2D eigenvalue weighted by Gasteiger charge is 2.17. The van der Waals surface area contributed by atoms with Crippen molar-refractivity contribution in [1.82, 2.24) is 4.98 Å². The van der Waals surface area contributed by atoms with E-state index in [4.69, 9.17) is 10.4 Å². The van der Waals surface area contributed by atoms with E-state index >= 15 is 0 Å². The van der Waals surface area contributed by atoms with Gasteiger partial charge in [0, 0.05) is 5.56 Å². The lowest BCUT2D eigenvalue weighted by Crippen LogP contribution is -2.00. The molecule has 6 heteroatoms. The van der Waals surface area contributed by atoms with E-state index in [-0.39, 0.29) is 6.29 Å². The van der Waals surface area contributed by atoms with Gasteiger partial charge in [-0.15, -0.1) is 0 Å². The summed E-state index contributed by atoms with van der Waals surface area (Å²) < 4.78 is 24.5. The van der Waals surface area contributed by atoms with Crippen molar-refractivity contribution >= 4 is 6.29 Å². The fraction of sp³-hybridized carbons (Fsp3) is 0.125. The first-order valence-corrected chi connectivity index (χ1v) is 3.47. The number of carbonyl (C=O) groups is 1. The van der Waals surface area contributed by atoms with Crippen molar-refractivity contribution in [3.63, 3.8) is 0 Å². The van der Waals surface area contributed by atoms with Crippen molar-refractivity contribution in [2.24, 2.45) is 0 Å². The number of rotatable bonds is 2. The Hall–Kier alpha value is -2.03. The van der Waals surface area contributed by atoms with Gasteiger partial charge in [-0.25, -0.2) is 13.8 Å². The number of hydrogen-bond donors (Lipinski definition) is 1. The number of aldehydes is 1. The van der Waals surface area contributed by atoms with Crippen LogP contribution in [0.25, 0.3) is 0 Å². The Labute approximate surface area is 77.4 Å². The second kappa shape index (κ2) is 3.79. The molecule has 0 radical (unpaired) electrons. The zero-order chi connectivity index (χ0) is 10.7. The predicted molar refractivity (Wildman–Crippen MR) is 41.0 cm³/mol. The second-order valence-electron chi connectivity index (χ2n) is 2.36. The Balaban J connectivity index is 3.41. The quantitative estimate of drug-likeness (QED) is 0.729. The lowest BCUT2D eigenvalue weighted by atomic mass is 10.2. The standard InChI is InChI=1S/C8H4F2N2O2/c9-8(10)7-4(3-13)1-6(14)5(2-11)12-7/h1,3,8,14H. The van der Waals surface area contributed by atoms with Crippen LogP contribution in [0.2, 0.25) is 0 Å². The Morgan fingerprint density at radius 1 is 1.64 bits per heavy atom. The SMILES string of the molecule is N#Cc1nc(C(F)F)c(C=O)cc1O. The van der Waals surface area contributed by atoms with E-state index < -0.39 is 29.1 Å². The minimum absolute atomic E-state index is 0.148. The van der Waals surface area contributed by atoms with Crippen LogP contribution in [0.15, 0.2) is 6.07 Å². The van der Waals surface area contributed by atoms with Gasteiger partial charge in [0.25, 0.3) is 6.43 Å². The Morgan fingerprint density at radius 2 is 2.29 bits per heavy atom. The molecule has 1 rings (SSSR count). The van der Waals surface area contributed by atoms with Crippen LogP contribution in [-0.4, -0.2) is 16.4 Å². The van der Waals surface area contributed by atoms with E-state index in [0.29, 0.717) is 0 Å². The van der Waals surface area contributed by atoms with Crippen LogP contribution in [0.3, 0.4) is 0 Å². The molecule has 0 unspecified atom stereocenters. The van der Waals surface area contributed by atoms with E-state index in [1.54, 1.807) is 0 Å². The van der Waals surface area contributed by atoms with Gasteiger partial charge in [-0.1, -0.05) is 0 Å². The molecule has 0 aliphatic heterocycles. The Bertz CT molecular complexity index is 413. The maximum absolute atomic E-state index is 12.3. The number of nitriles is 1. The second-order valence-corrected chi connectivity index (χ2v) is 2.36. The molecule has 0 saturated carbocycles. The molecule has 1 aromatic rings. The first-order chi connectivity index (χ1) is 6.60. The molecule has 0 fully saturated rings. The number of carbonyl (C=O) groups excluding carboxylic acids is 1. The third kappa shape index (κ3) is 1.66. The van der Waals surface area contributed by atoms with Crippen LogP contribution < -0.4 is 0 Å². The molecule has 14 heavy (non-hydrogen) atoms. The largest absolute Gasteiger partial charge is 0.505 e. The molecule has 0 aliphatic rings. The van der Waals surface area contributed by atoms with Crippen LogP contribution in [0.1, 0.15) is 28.2 Å². The monoisotopic (exact) mass is 198 g/mol. The van der Waals surface area contributed by atoms with Gasteiger partial charge in [-0.2, -0.15) is 5.26 Å². The number of halogens is 2. The molecular weight excluding hydrogens is 194 g/mol. The Kier molecular flexibility index (Phi) is 2.72.